The summed E-state index contributed by atoms with van der Waals surface area (Å²) in [6.07, 6.45) is 4.24. The number of rotatable bonds is 7. The van der Waals surface area contributed by atoms with Crippen molar-refractivity contribution in [2.24, 2.45) is 11.8 Å². The van der Waals surface area contributed by atoms with E-state index < -0.39 is 14.6 Å². The van der Waals surface area contributed by atoms with Crippen molar-refractivity contribution in [3.8, 4) is 0 Å². The predicted molar refractivity (Wildman–Crippen MR) is 101 cm³/mol. The van der Waals surface area contributed by atoms with Gasteiger partial charge in [0.2, 0.25) is 0 Å². The average molecular weight is 352 g/mol. The molecular formula is C20H33NO2S. The summed E-state index contributed by atoms with van der Waals surface area (Å²) < 4.78 is 25.0. The zero-order valence-corrected chi connectivity index (χ0v) is 16.5. The van der Waals surface area contributed by atoms with Crippen LogP contribution in [0.4, 0.5) is 0 Å². The molecule has 4 heteroatoms. The first-order valence-corrected chi connectivity index (χ1v) is 10.7. The highest BCUT2D eigenvalue weighted by Crippen LogP contribution is 2.30. The summed E-state index contributed by atoms with van der Waals surface area (Å²) in [4.78, 5) is 2.96. The van der Waals surface area contributed by atoms with E-state index in [1.165, 1.54) is 19.4 Å². The fourth-order valence-corrected chi connectivity index (χ4v) is 5.19. The minimum atomic E-state index is -3.28. The van der Waals surface area contributed by atoms with Gasteiger partial charge in [0.15, 0.2) is 9.84 Å². The summed E-state index contributed by atoms with van der Waals surface area (Å²) in [5.41, 5.74) is 0. The third kappa shape index (κ3) is 4.60. The molecule has 0 aliphatic carbocycles. The highest BCUT2D eigenvalue weighted by atomic mass is 32.2. The molecule has 2 rings (SSSR count). The Kier molecular flexibility index (Phi) is 6.49. The van der Waals surface area contributed by atoms with Gasteiger partial charge in [-0.2, -0.15) is 0 Å². The molecule has 1 atom stereocenters. The maximum atomic E-state index is 12.9. The van der Waals surface area contributed by atoms with Gasteiger partial charge in [0.25, 0.3) is 0 Å². The Morgan fingerprint density at radius 2 is 1.88 bits per heavy atom. The minimum absolute atomic E-state index is 0.438. The summed E-state index contributed by atoms with van der Waals surface area (Å²) >= 11 is 0. The van der Waals surface area contributed by atoms with Crippen LogP contribution < -0.4 is 0 Å². The molecule has 1 unspecified atom stereocenters. The van der Waals surface area contributed by atoms with E-state index in [4.69, 9.17) is 0 Å². The lowest BCUT2D eigenvalue weighted by Crippen LogP contribution is -2.39. The molecule has 1 heterocycles. The molecule has 136 valence electrons. The van der Waals surface area contributed by atoms with Gasteiger partial charge in [0.05, 0.1) is 9.64 Å². The lowest BCUT2D eigenvalue weighted by atomic mass is 9.88. The summed E-state index contributed by atoms with van der Waals surface area (Å²) in [7, 11) is -3.28. The van der Waals surface area contributed by atoms with Crippen LogP contribution in [0.3, 0.4) is 0 Å². The van der Waals surface area contributed by atoms with Crippen LogP contribution in [0.1, 0.15) is 53.4 Å². The van der Waals surface area contributed by atoms with Gasteiger partial charge >= 0.3 is 0 Å². The van der Waals surface area contributed by atoms with Crippen LogP contribution >= 0.6 is 0 Å². The zero-order valence-electron chi connectivity index (χ0n) is 15.7. The second kappa shape index (κ2) is 8.01. The molecule has 1 aliphatic rings. The number of piperidine rings is 1. The van der Waals surface area contributed by atoms with Crippen molar-refractivity contribution in [3.63, 3.8) is 0 Å². The van der Waals surface area contributed by atoms with Crippen molar-refractivity contribution >= 4 is 9.84 Å². The van der Waals surface area contributed by atoms with E-state index in [1.54, 1.807) is 24.3 Å². The highest BCUT2D eigenvalue weighted by molar-refractivity contribution is 7.92. The first-order valence-electron chi connectivity index (χ1n) is 9.26. The molecular weight excluding hydrogens is 318 g/mol. The van der Waals surface area contributed by atoms with Crippen LogP contribution in [-0.4, -0.2) is 37.7 Å². The molecule has 1 saturated heterocycles. The SMILES string of the molecule is CC(C)C1CCCN(CCCC(C)(C)S(=O)(=O)c2ccccc2)C1. The number of hydrogen-bond acceptors (Lipinski definition) is 3. The van der Waals surface area contributed by atoms with Gasteiger partial charge in [-0.15, -0.1) is 0 Å². The summed E-state index contributed by atoms with van der Waals surface area (Å²) in [5.74, 6) is 1.53. The Labute approximate surface area is 148 Å². The largest absolute Gasteiger partial charge is 0.303 e. The molecule has 0 spiro atoms. The number of hydrogen-bond donors (Lipinski definition) is 0. The first-order chi connectivity index (χ1) is 11.2. The van der Waals surface area contributed by atoms with E-state index in [9.17, 15) is 8.42 Å². The molecule has 3 nitrogen and oxygen atoms in total. The molecule has 0 radical (unpaired) electrons. The smallest absolute Gasteiger partial charge is 0.183 e. The first kappa shape index (κ1) is 19.5. The number of nitrogens with zero attached hydrogens (tertiary/aromatic N) is 1. The Morgan fingerprint density at radius 1 is 1.21 bits per heavy atom. The summed E-state index contributed by atoms with van der Waals surface area (Å²) in [6.45, 7) is 11.7. The number of sulfone groups is 1. The highest BCUT2D eigenvalue weighted by Gasteiger charge is 2.35. The van der Waals surface area contributed by atoms with Gasteiger partial charge in [-0.3, -0.25) is 0 Å². The van der Waals surface area contributed by atoms with Crippen LogP contribution in [0.5, 0.6) is 0 Å². The van der Waals surface area contributed by atoms with Crippen LogP contribution in [0, 0.1) is 11.8 Å². The van der Waals surface area contributed by atoms with Crippen LogP contribution in [0.2, 0.25) is 0 Å². The topological polar surface area (TPSA) is 37.4 Å². The van der Waals surface area contributed by atoms with E-state index in [2.05, 4.69) is 18.7 Å². The monoisotopic (exact) mass is 351 g/mol. The Bertz CT molecular complexity index is 608. The van der Waals surface area contributed by atoms with Crippen molar-refractivity contribution in [3.05, 3.63) is 30.3 Å². The molecule has 0 bridgehead atoms. The summed E-state index contributed by atoms with van der Waals surface area (Å²) in [5, 5.41) is 0. The van der Waals surface area contributed by atoms with Gasteiger partial charge < -0.3 is 4.90 Å². The third-order valence-electron chi connectivity index (χ3n) is 5.52. The Hall–Kier alpha value is -0.870. The maximum Gasteiger partial charge on any atom is 0.183 e. The molecule has 1 aromatic carbocycles. The van der Waals surface area contributed by atoms with E-state index in [0.29, 0.717) is 11.3 Å². The van der Waals surface area contributed by atoms with Gasteiger partial charge in [-0.1, -0.05) is 32.0 Å². The lowest BCUT2D eigenvalue weighted by Gasteiger charge is -2.35. The van der Waals surface area contributed by atoms with Crippen molar-refractivity contribution in [1.29, 1.82) is 0 Å². The van der Waals surface area contributed by atoms with Crippen molar-refractivity contribution in [2.75, 3.05) is 19.6 Å². The van der Waals surface area contributed by atoms with Gasteiger partial charge in [0, 0.05) is 6.54 Å². The third-order valence-corrected chi connectivity index (χ3v) is 8.07. The van der Waals surface area contributed by atoms with E-state index in [0.717, 1.165) is 31.3 Å². The molecule has 1 aromatic rings. The Balaban J connectivity index is 1.91. The number of likely N-dealkylation sites (tertiary alicyclic amines) is 1. The second-order valence-electron chi connectivity index (χ2n) is 8.13. The average Bonchev–Trinajstić information content (AvgIpc) is 2.55. The zero-order chi connectivity index (χ0) is 17.8. The quantitative estimate of drug-likeness (QED) is 0.731. The normalized spacial score (nSPS) is 20.5. The van der Waals surface area contributed by atoms with Gasteiger partial charge in [-0.05, 0) is 76.6 Å². The van der Waals surface area contributed by atoms with Gasteiger partial charge in [0.1, 0.15) is 0 Å². The Morgan fingerprint density at radius 3 is 2.50 bits per heavy atom. The van der Waals surface area contributed by atoms with Crippen LogP contribution in [0.15, 0.2) is 35.2 Å². The molecule has 1 fully saturated rings. The maximum absolute atomic E-state index is 12.9. The van der Waals surface area contributed by atoms with Crippen molar-refractivity contribution in [2.45, 2.75) is 63.0 Å². The molecule has 0 amide bonds. The van der Waals surface area contributed by atoms with Crippen LogP contribution in [-0.2, 0) is 9.84 Å². The fraction of sp³-hybridized carbons (Fsp3) is 0.700. The van der Waals surface area contributed by atoms with Gasteiger partial charge in [-0.25, -0.2) is 8.42 Å². The van der Waals surface area contributed by atoms with Crippen molar-refractivity contribution in [1.82, 2.24) is 4.90 Å². The van der Waals surface area contributed by atoms with Crippen molar-refractivity contribution < 1.29 is 8.42 Å². The molecule has 0 saturated carbocycles. The van der Waals surface area contributed by atoms with E-state index in [-0.39, 0.29) is 0 Å². The molecule has 0 aromatic heterocycles. The molecule has 24 heavy (non-hydrogen) atoms. The predicted octanol–water partition coefficient (Wildman–Crippen LogP) is 4.39. The molecule has 0 N–H and O–H groups in total. The fourth-order valence-electron chi connectivity index (χ4n) is 3.62. The number of benzene rings is 1. The summed E-state index contributed by atoms with van der Waals surface area (Å²) in [6, 6.07) is 8.85. The standard InChI is InChI=1S/C20H33NO2S/c1-17(2)18-10-8-14-21(16-18)15-9-13-20(3,4)24(22,23)19-11-6-5-7-12-19/h5-7,11-12,17-18H,8-10,13-16H2,1-4H3. The molecule has 1 aliphatic heterocycles. The van der Waals surface area contributed by atoms with Crippen LogP contribution in [0.25, 0.3) is 0 Å². The van der Waals surface area contributed by atoms with E-state index >= 15 is 0 Å². The second-order valence-corrected chi connectivity index (χ2v) is 10.7. The minimum Gasteiger partial charge on any atom is -0.303 e. The van der Waals surface area contributed by atoms with E-state index in [1.807, 2.05) is 19.9 Å². The lowest BCUT2D eigenvalue weighted by molar-refractivity contribution is 0.142.